The van der Waals surface area contributed by atoms with Gasteiger partial charge in [0, 0.05) is 73.4 Å². The molecule has 82 heavy (non-hydrogen) atoms. The van der Waals surface area contributed by atoms with Crippen molar-refractivity contribution in [1.82, 2.24) is 33.6 Å². The number of benzene rings is 3. The Labute approximate surface area is 461 Å². The number of aromatic nitrogens is 9. The number of hydrogen-bond acceptors (Lipinski definition) is 12. The molecule has 0 radical (unpaired) electrons. The monoisotopic (exact) mass is 1140 g/mol. The number of rotatable bonds is 13. The van der Waals surface area contributed by atoms with Gasteiger partial charge in [0.2, 0.25) is 35.2 Å². The number of anilines is 3. The fourth-order valence-corrected chi connectivity index (χ4v) is 11.1. The topological polar surface area (TPSA) is 183 Å². The van der Waals surface area contributed by atoms with Crippen molar-refractivity contribution >= 4 is 34.4 Å². The summed E-state index contributed by atoms with van der Waals surface area (Å²) in [7, 11) is 0. The van der Waals surface area contributed by atoms with E-state index in [2.05, 4.69) is 21.0 Å². The van der Waals surface area contributed by atoms with Crippen LogP contribution in [0.4, 0.5) is 57.0 Å². The molecule has 0 bridgehead atoms. The average Bonchev–Trinajstić information content (AvgIpc) is 2.53. The molecular weight excluding hydrogens is 1090 g/mol. The average molecular weight is 1140 g/mol. The fraction of sp³-hybridized carbons (Fsp3) is 0.357. The van der Waals surface area contributed by atoms with Crippen molar-refractivity contribution in [2.45, 2.75) is 113 Å². The standard InChI is InChI=1S/C56H52F9N13O4/c57-54(58,59)35-3-1-2-32(26-35)42-30-77(75-22-18-50(72-52(42)75)69-38-10-12-40(79)13-11-38)45-15-5-34(28-47(45)82-56(63,64)65)43-31-78(76-23-17-49(73-53(43)76)68-37-8-6-36(66)7-9-37)44-14-4-33(27-46(44)81-55(60,61)62)41-29-67-74-21-16-48(71-51(41)74)70-39-19-24-80-25-20-39/h1-5,14-18,21-23,26-31,36-40,79H,6-13,19-20,24-25,66H2,(H,67,70,71)/p+2. The van der Waals surface area contributed by atoms with Crippen molar-refractivity contribution in [2.24, 2.45) is 5.73 Å². The molecule has 2 aliphatic carbocycles. The van der Waals surface area contributed by atoms with E-state index in [-0.39, 0.29) is 74.7 Å². The molecule has 3 fully saturated rings. The van der Waals surface area contributed by atoms with Crippen LogP contribution in [-0.4, -0.2) is 94.9 Å². The normalized spacial score (nSPS) is 19.5. The number of nitrogens with one attached hydrogen (secondary N) is 3. The third-order valence-corrected chi connectivity index (χ3v) is 15.2. The van der Waals surface area contributed by atoms with E-state index in [0.29, 0.717) is 67.6 Å². The Hall–Kier alpha value is -8.23. The van der Waals surface area contributed by atoms with E-state index in [1.807, 2.05) is 0 Å². The van der Waals surface area contributed by atoms with Gasteiger partial charge < -0.3 is 41.0 Å². The molecule has 1 aliphatic heterocycles. The quantitative estimate of drug-likeness (QED) is 0.0545. The Kier molecular flexibility index (Phi) is 14.3. The number of nitrogens with zero attached hydrogens (tertiary/aromatic N) is 9. The summed E-state index contributed by atoms with van der Waals surface area (Å²) in [6.45, 7) is 1.17. The highest BCUT2D eigenvalue weighted by Gasteiger charge is 2.39. The first kappa shape index (κ1) is 54.4. The summed E-state index contributed by atoms with van der Waals surface area (Å²) in [6, 6.07) is 17.5. The minimum Gasteiger partial charge on any atom is -0.399 e. The lowest BCUT2D eigenvalue weighted by Crippen LogP contribution is -2.37. The van der Waals surface area contributed by atoms with Crippen LogP contribution < -0.4 is 40.5 Å². The molecule has 12 rings (SSSR count). The molecule has 2 saturated carbocycles. The first-order valence-electron chi connectivity index (χ1n) is 26.8. The summed E-state index contributed by atoms with van der Waals surface area (Å²) in [5.74, 6) is -0.155. The van der Waals surface area contributed by atoms with Crippen LogP contribution in [0, 0.1) is 0 Å². The molecule has 17 nitrogen and oxygen atoms in total. The van der Waals surface area contributed by atoms with Crippen LogP contribution in [0.25, 0.3) is 61.7 Å². The van der Waals surface area contributed by atoms with Gasteiger partial charge in [0.25, 0.3) is 11.4 Å². The van der Waals surface area contributed by atoms with Gasteiger partial charge >= 0.3 is 18.9 Å². The van der Waals surface area contributed by atoms with Crippen molar-refractivity contribution in [1.29, 1.82) is 0 Å². The summed E-state index contributed by atoms with van der Waals surface area (Å²) < 4.78 is 152. The molecule has 26 heteroatoms. The van der Waals surface area contributed by atoms with Gasteiger partial charge in [-0.05, 0) is 123 Å². The maximum absolute atomic E-state index is 14.8. The number of aliphatic hydroxyl groups excluding tert-OH is 1. The number of aliphatic hydroxyl groups is 1. The van der Waals surface area contributed by atoms with Crippen LogP contribution >= 0.6 is 0 Å². The molecule has 6 aromatic heterocycles. The SMILES string of the molecule is NC1CCC(Nc2ccn3c(n2)c(-c2ccc(-[n+]4cc(-c5cccc(C(F)(F)F)c5)c5nc(NC6CCC(O)CC6)ccn54)c(OC(F)(F)F)c2)c[n+]3-c2ccc(-c3cnn4ccc(NC5CCOCC5)nc34)cc2OC(F)(F)F)CC1. The van der Waals surface area contributed by atoms with E-state index in [9.17, 15) is 44.6 Å². The van der Waals surface area contributed by atoms with Crippen molar-refractivity contribution in [2.75, 3.05) is 29.2 Å². The molecule has 0 unspecified atom stereocenters. The van der Waals surface area contributed by atoms with Crippen LogP contribution in [-0.2, 0) is 10.9 Å². The van der Waals surface area contributed by atoms with Crippen molar-refractivity contribution in [3.63, 3.8) is 0 Å². The Bertz CT molecular complexity index is 3800. The van der Waals surface area contributed by atoms with Crippen LogP contribution in [0.1, 0.15) is 69.8 Å². The molecular formula is C56H54F9N13O4+2. The lowest BCUT2D eigenvalue weighted by atomic mass is 9.92. The van der Waals surface area contributed by atoms with Crippen LogP contribution in [0.15, 0.2) is 116 Å². The summed E-state index contributed by atoms with van der Waals surface area (Å²) in [5.41, 5.74) is 6.49. The molecule has 3 aliphatic rings. The number of alkyl halides is 9. The van der Waals surface area contributed by atoms with Gasteiger partial charge in [-0.15, -0.1) is 35.4 Å². The maximum Gasteiger partial charge on any atom is 0.573 e. The molecule has 0 atom stereocenters. The maximum atomic E-state index is 14.8. The largest absolute Gasteiger partial charge is 0.573 e. The fourth-order valence-electron chi connectivity index (χ4n) is 11.1. The number of ether oxygens (including phenoxy) is 3. The lowest BCUT2D eigenvalue weighted by Gasteiger charge is -2.27. The zero-order chi connectivity index (χ0) is 57.1. The summed E-state index contributed by atoms with van der Waals surface area (Å²) >= 11 is 0. The van der Waals surface area contributed by atoms with Crippen LogP contribution in [0.3, 0.4) is 0 Å². The van der Waals surface area contributed by atoms with Gasteiger partial charge in [-0.1, -0.05) is 21.5 Å². The Morgan fingerprint density at radius 2 is 1.02 bits per heavy atom. The predicted molar refractivity (Wildman–Crippen MR) is 281 cm³/mol. The third kappa shape index (κ3) is 11.6. The van der Waals surface area contributed by atoms with E-state index in [0.717, 1.165) is 56.7 Å². The molecule has 3 aromatic carbocycles. The molecule has 9 aromatic rings. The predicted octanol–water partition coefficient (Wildman–Crippen LogP) is 10.4. The lowest BCUT2D eigenvalue weighted by molar-refractivity contribution is -0.668. The number of nitrogens with two attached hydrogens (primary N) is 1. The number of halogens is 9. The summed E-state index contributed by atoms with van der Waals surface area (Å²) in [4.78, 5) is 14.5. The second-order valence-corrected chi connectivity index (χ2v) is 20.9. The first-order valence-corrected chi connectivity index (χ1v) is 26.8. The van der Waals surface area contributed by atoms with E-state index in [1.165, 1.54) is 84.1 Å². The Balaban J connectivity index is 0.989. The minimum atomic E-state index is -5.29. The highest BCUT2D eigenvalue weighted by atomic mass is 19.4. The highest BCUT2D eigenvalue weighted by molar-refractivity contribution is 5.81. The van der Waals surface area contributed by atoms with E-state index in [1.54, 1.807) is 36.7 Å². The van der Waals surface area contributed by atoms with Crippen molar-refractivity contribution < 1.29 is 68.2 Å². The second-order valence-electron chi connectivity index (χ2n) is 20.9. The molecule has 1 saturated heterocycles. The first-order chi connectivity index (χ1) is 39.2. The van der Waals surface area contributed by atoms with Crippen LogP contribution in [0.2, 0.25) is 0 Å². The van der Waals surface area contributed by atoms with E-state index in [4.69, 9.17) is 34.9 Å². The van der Waals surface area contributed by atoms with Gasteiger partial charge in [-0.3, -0.25) is 0 Å². The van der Waals surface area contributed by atoms with Crippen molar-refractivity contribution in [3.8, 4) is 56.3 Å². The van der Waals surface area contributed by atoms with Crippen molar-refractivity contribution in [3.05, 3.63) is 122 Å². The van der Waals surface area contributed by atoms with Gasteiger partial charge in [0.05, 0.1) is 41.4 Å². The zero-order valence-electron chi connectivity index (χ0n) is 43.5. The summed E-state index contributed by atoms with van der Waals surface area (Å²) in [5, 5.41) is 24.7. The smallest absolute Gasteiger partial charge is 0.399 e. The van der Waals surface area contributed by atoms with Gasteiger partial charge in [-0.2, -0.15) is 18.3 Å². The molecule has 7 heterocycles. The molecule has 0 amide bonds. The van der Waals surface area contributed by atoms with Gasteiger partial charge in [0.1, 0.15) is 17.5 Å². The van der Waals surface area contributed by atoms with Crippen LogP contribution in [0.5, 0.6) is 11.5 Å². The Morgan fingerprint density at radius 3 is 1.55 bits per heavy atom. The highest BCUT2D eigenvalue weighted by Crippen LogP contribution is 2.39. The molecule has 428 valence electrons. The minimum absolute atomic E-state index is 0.0321. The number of hydrogen-bond donors (Lipinski definition) is 5. The van der Waals surface area contributed by atoms with E-state index >= 15 is 0 Å². The summed E-state index contributed by atoms with van der Waals surface area (Å²) in [6.07, 6.45) is 0.123. The zero-order valence-corrected chi connectivity index (χ0v) is 43.5. The molecule has 6 N–H and O–H groups in total. The van der Waals surface area contributed by atoms with E-state index < -0.39 is 42.1 Å². The molecule has 0 spiro atoms. The second kappa shape index (κ2) is 21.6. The number of fused-ring (bicyclic) bond motifs is 3. The Morgan fingerprint density at radius 1 is 0.549 bits per heavy atom. The van der Waals surface area contributed by atoms with Gasteiger partial charge in [0.15, 0.2) is 5.65 Å². The third-order valence-electron chi connectivity index (χ3n) is 15.2. The van der Waals surface area contributed by atoms with Gasteiger partial charge in [-0.25, -0.2) is 19.5 Å².